The van der Waals surface area contributed by atoms with Crippen LogP contribution in [-0.4, -0.2) is 28.5 Å². The summed E-state index contributed by atoms with van der Waals surface area (Å²) in [5.41, 5.74) is 0.143. The Morgan fingerprint density at radius 3 is 2.33 bits per heavy atom. The number of aromatic amines is 1. The van der Waals surface area contributed by atoms with Crippen LogP contribution in [0.4, 0.5) is 0 Å². The quantitative estimate of drug-likeness (QED) is 0.826. The van der Waals surface area contributed by atoms with Crippen LogP contribution in [0, 0.1) is 13.8 Å². The van der Waals surface area contributed by atoms with Crippen LogP contribution in [0.1, 0.15) is 49.3 Å². The van der Waals surface area contributed by atoms with Crippen molar-refractivity contribution in [3.8, 4) is 0 Å². The van der Waals surface area contributed by atoms with Crippen LogP contribution in [0.5, 0.6) is 0 Å². The number of carbonyl (C=O) groups is 2. The number of pyridine rings is 1. The first-order chi connectivity index (χ1) is 9.51. The number of H-pyrrole nitrogens is 1. The Kier molecular flexibility index (Phi) is 4.93. The molecule has 6 heteroatoms. The van der Waals surface area contributed by atoms with Gasteiger partial charge in [0.1, 0.15) is 17.2 Å². The molecule has 1 aromatic heterocycles. The SMILES string of the molecule is Cc1cc(C)c(C(=O)N[C@H](C)C(=O)OC(C)(C)C)c(=O)[nH]1. The summed E-state index contributed by atoms with van der Waals surface area (Å²) >= 11 is 0. The van der Waals surface area contributed by atoms with Gasteiger partial charge in [0, 0.05) is 5.69 Å². The third-order valence-electron chi connectivity index (χ3n) is 2.70. The van der Waals surface area contributed by atoms with Gasteiger partial charge in [-0.15, -0.1) is 0 Å². The summed E-state index contributed by atoms with van der Waals surface area (Å²) in [7, 11) is 0. The fourth-order valence-electron chi connectivity index (χ4n) is 1.85. The van der Waals surface area contributed by atoms with Crippen molar-refractivity contribution in [2.75, 3.05) is 0 Å². The van der Waals surface area contributed by atoms with Crippen LogP contribution < -0.4 is 10.9 Å². The second-order valence-corrected chi connectivity index (χ2v) is 6.07. The number of hydrogen-bond acceptors (Lipinski definition) is 4. The van der Waals surface area contributed by atoms with Crippen molar-refractivity contribution in [3.05, 3.63) is 33.2 Å². The Balaban J connectivity index is 2.87. The minimum absolute atomic E-state index is 0.0102. The van der Waals surface area contributed by atoms with Crippen LogP contribution in [0.25, 0.3) is 0 Å². The van der Waals surface area contributed by atoms with E-state index >= 15 is 0 Å². The Bertz CT molecular complexity index is 611. The van der Waals surface area contributed by atoms with Crippen LogP contribution >= 0.6 is 0 Å². The van der Waals surface area contributed by atoms with E-state index in [2.05, 4.69) is 10.3 Å². The molecule has 6 nitrogen and oxygen atoms in total. The van der Waals surface area contributed by atoms with E-state index in [9.17, 15) is 14.4 Å². The predicted octanol–water partition coefficient (Wildman–Crippen LogP) is 1.45. The molecule has 0 aliphatic rings. The van der Waals surface area contributed by atoms with Gasteiger partial charge in [0.15, 0.2) is 0 Å². The topological polar surface area (TPSA) is 88.3 Å². The molecule has 0 aliphatic heterocycles. The number of ether oxygens (including phenoxy) is 1. The third-order valence-corrected chi connectivity index (χ3v) is 2.70. The number of aromatic nitrogens is 1. The van der Waals surface area contributed by atoms with Crippen LogP contribution in [-0.2, 0) is 9.53 Å². The van der Waals surface area contributed by atoms with Gasteiger partial charge in [0.25, 0.3) is 11.5 Å². The normalized spacial score (nSPS) is 12.7. The molecule has 2 N–H and O–H groups in total. The highest BCUT2D eigenvalue weighted by Gasteiger charge is 2.24. The molecule has 0 spiro atoms. The molecule has 0 bridgehead atoms. The van der Waals surface area contributed by atoms with Crippen molar-refractivity contribution in [1.82, 2.24) is 10.3 Å². The van der Waals surface area contributed by atoms with Crippen molar-refractivity contribution in [2.24, 2.45) is 0 Å². The molecule has 1 atom stereocenters. The molecule has 0 saturated carbocycles. The summed E-state index contributed by atoms with van der Waals surface area (Å²) in [5, 5.41) is 2.49. The number of nitrogens with one attached hydrogen (secondary N) is 2. The maximum atomic E-state index is 12.1. The minimum Gasteiger partial charge on any atom is -0.458 e. The average molecular weight is 294 g/mol. The molecule has 1 rings (SSSR count). The molecule has 1 heterocycles. The number of rotatable bonds is 3. The summed E-state index contributed by atoms with van der Waals surface area (Å²) in [6.45, 7) is 10.2. The fourth-order valence-corrected chi connectivity index (χ4v) is 1.85. The van der Waals surface area contributed by atoms with Gasteiger partial charge in [0.2, 0.25) is 0 Å². The smallest absolute Gasteiger partial charge is 0.328 e. The zero-order chi connectivity index (χ0) is 16.4. The molecule has 1 aromatic rings. The van der Waals surface area contributed by atoms with Crippen LogP contribution in [0.2, 0.25) is 0 Å². The van der Waals surface area contributed by atoms with Gasteiger partial charge in [0.05, 0.1) is 0 Å². The second-order valence-electron chi connectivity index (χ2n) is 6.07. The Morgan fingerprint density at radius 1 is 1.29 bits per heavy atom. The van der Waals surface area contributed by atoms with Crippen molar-refractivity contribution >= 4 is 11.9 Å². The maximum absolute atomic E-state index is 12.1. The zero-order valence-electron chi connectivity index (χ0n) is 13.3. The largest absolute Gasteiger partial charge is 0.458 e. The Morgan fingerprint density at radius 2 is 1.86 bits per heavy atom. The first kappa shape index (κ1) is 16.9. The summed E-state index contributed by atoms with van der Waals surface area (Å²) in [5.74, 6) is -1.14. The lowest BCUT2D eigenvalue weighted by atomic mass is 10.1. The van der Waals surface area contributed by atoms with Gasteiger partial charge in [-0.2, -0.15) is 0 Å². The highest BCUT2D eigenvalue weighted by molar-refractivity contribution is 5.97. The number of amides is 1. The van der Waals surface area contributed by atoms with Crippen LogP contribution in [0.15, 0.2) is 10.9 Å². The third kappa shape index (κ3) is 4.73. The zero-order valence-corrected chi connectivity index (χ0v) is 13.3. The summed E-state index contributed by atoms with van der Waals surface area (Å²) in [4.78, 5) is 38.4. The lowest BCUT2D eigenvalue weighted by Crippen LogP contribution is -2.43. The van der Waals surface area contributed by atoms with E-state index < -0.39 is 29.1 Å². The van der Waals surface area contributed by atoms with E-state index in [1.54, 1.807) is 40.7 Å². The van der Waals surface area contributed by atoms with Crippen molar-refractivity contribution < 1.29 is 14.3 Å². The van der Waals surface area contributed by atoms with E-state index in [4.69, 9.17) is 4.74 Å². The van der Waals surface area contributed by atoms with E-state index in [-0.39, 0.29) is 5.56 Å². The molecule has 21 heavy (non-hydrogen) atoms. The average Bonchev–Trinajstić information content (AvgIpc) is 2.24. The Hall–Kier alpha value is -2.11. The van der Waals surface area contributed by atoms with E-state index in [0.29, 0.717) is 11.3 Å². The molecule has 0 saturated heterocycles. The van der Waals surface area contributed by atoms with E-state index in [1.165, 1.54) is 6.92 Å². The summed E-state index contributed by atoms with van der Waals surface area (Å²) in [6, 6.07) is 0.867. The number of aryl methyl sites for hydroxylation is 2. The molecule has 0 fully saturated rings. The molecular weight excluding hydrogens is 272 g/mol. The second kappa shape index (κ2) is 6.11. The van der Waals surface area contributed by atoms with Gasteiger partial charge in [-0.05, 0) is 53.2 Å². The van der Waals surface area contributed by atoms with Gasteiger partial charge < -0.3 is 15.0 Å². The molecule has 0 aromatic carbocycles. The van der Waals surface area contributed by atoms with Gasteiger partial charge in [-0.1, -0.05) is 0 Å². The first-order valence-electron chi connectivity index (χ1n) is 6.75. The standard InChI is InChI=1S/C15H22N2O4/c1-8-7-9(2)16-12(18)11(8)13(19)17-10(3)14(20)21-15(4,5)6/h7,10H,1-6H3,(H,16,18)(H,17,19)/t10-/m1/s1. The Labute approximate surface area is 123 Å². The molecular formula is C15H22N2O4. The highest BCUT2D eigenvalue weighted by Crippen LogP contribution is 2.09. The minimum atomic E-state index is -0.836. The predicted molar refractivity (Wildman–Crippen MR) is 79.3 cm³/mol. The van der Waals surface area contributed by atoms with Crippen molar-refractivity contribution in [1.29, 1.82) is 0 Å². The number of hydrogen-bond donors (Lipinski definition) is 2. The van der Waals surface area contributed by atoms with Crippen molar-refractivity contribution in [2.45, 2.75) is 53.2 Å². The first-order valence-corrected chi connectivity index (χ1v) is 6.75. The summed E-state index contributed by atoms with van der Waals surface area (Å²) < 4.78 is 5.18. The van der Waals surface area contributed by atoms with Gasteiger partial charge >= 0.3 is 5.97 Å². The number of carbonyl (C=O) groups excluding carboxylic acids is 2. The summed E-state index contributed by atoms with van der Waals surface area (Å²) in [6.07, 6.45) is 0. The van der Waals surface area contributed by atoms with E-state index in [0.717, 1.165) is 0 Å². The monoisotopic (exact) mass is 294 g/mol. The number of esters is 1. The molecule has 116 valence electrons. The molecule has 0 unspecified atom stereocenters. The fraction of sp³-hybridized carbons (Fsp3) is 0.533. The lowest BCUT2D eigenvalue weighted by Gasteiger charge is -2.22. The molecule has 1 amide bonds. The van der Waals surface area contributed by atoms with Gasteiger partial charge in [-0.3, -0.25) is 9.59 Å². The van der Waals surface area contributed by atoms with Crippen LogP contribution in [0.3, 0.4) is 0 Å². The van der Waals surface area contributed by atoms with Gasteiger partial charge in [-0.25, -0.2) is 4.79 Å². The lowest BCUT2D eigenvalue weighted by molar-refractivity contribution is -0.156. The van der Waals surface area contributed by atoms with E-state index in [1.807, 2.05) is 0 Å². The molecule has 0 aliphatic carbocycles. The highest BCUT2D eigenvalue weighted by atomic mass is 16.6. The maximum Gasteiger partial charge on any atom is 0.328 e. The van der Waals surface area contributed by atoms with Crippen molar-refractivity contribution in [3.63, 3.8) is 0 Å². The molecule has 0 radical (unpaired) electrons.